The molecule has 1 aromatic rings. The Morgan fingerprint density at radius 3 is 3.08 bits per heavy atom. The number of nitrogens with zero attached hydrogens (tertiary/aromatic N) is 2. The molecule has 0 aliphatic rings. The van der Waals surface area contributed by atoms with Gasteiger partial charge in [0.1, 0.15) is 0 Å². The van der Waals surface area contributed by atoms with Crippen LogP contribution in [-0.4, -0.2) is 22.9 Å². The number of rotatable bonds is 4. The number of carbonyl (C=O) groups is 1. The standard InChI is InChI=1S/C7H9FN2O2/c1-2-10-3-6(4-11)7(9-10)12-5-8/h3-4H,2,5H2,1H3. The second-order valence-corrected chi connectivity index (χ2v) is 2.12. The van der Waals surface area contributed by atoms with E-state index in [0.717, 1.165) is 0 Å². The summed E-state index contributed by atoms with van der Waals surface area (Å²) in [6, 6.07) is 0. The molecular formula is C7H9FN2O2. The van der Waals surface area contributed by atoms with Gasteiger partial charge in [-0.2, -0.15) is 0 Å². The number of carbonyl (C=O) groups excluding carboxylic acids is 1. The Balaban J connectivity index is 2.91. The predicted molar refractivity (Wildman–Crippen MR) is 39.9 cm³/mol. The van der Waals surface area contributed by atoms with E-state index < -0.39 is 6.86 Å². The number of aromatic nitrogens is 2. The van der Waals surface area contributed by atoms with Crippen LogP contribution >= 0.6 is 0 Å². The van der Waals surface area contributed by atoms with Crippen LogP contribution in [0, 0.1) is 0 Å². The second kappa shape index (κ2) is 3.85. The number of alkyl halides is 1. The highest BCUT2D eigenvalue weighted by molar-refractivity contribution is 5.77. The average molecular weight is 172 g/mol. The molecule has 66 valence electrons. The van der Waals surface area contributed by atoms with E-state index in [9.17, 15) is 9.18 Å². The monoisotopic (exact) mass is 172 g/mol. The van der Waals surface area contributed by atoms with Gasteiger partial charge < -0.3 is 4.74 Å². The van der Waals surface area contributed by atoms with Gasteiger partial charge in [0.15, 0.2) is 6.29 Å². The number of hydrogen-bond donors (Lipinski definition) is 0. The number of halogens is 1. The minimum atomic E-state index is -0.971. The van der Waals surface area contributed by atoms with Crippen LogP contribution in [0.3, 0.4) is 0 Å². The highest BCUT2D eigenvalue weighted by Crippen LogP contribution is 2.13. The van der Waals surface area contributed by atoms with Crippen molar-refractivity contribution in [2.45, 2.75) is 13.5 Å². The zero-order valence-corrected chi connectivity index (χ0v) is 6.66. The zero-order valence-electron chi connectivity index (χ0n) is 6.66. The summed E-state index contributed by atoms with van der Waals surface area (Å²) in [5, 5.41) is 3.81. The molecule has 0 aliphatic heterocycles. The van der Waals surface area contributed by atoms with E-state index in [1.165, 1.54) is 10.9 Å². The molecule has 0 spiro atoms. The first kappa shape index (κ1) is 8.70. The largest absolute Gasteiger partial charge is 0.444 e. The quantitative estimate of drug-likeness (QED) is 0.637. The third kappa shape index (κ3) is 1.61. The minimum absolute atomic E-state index is 0.0503. The maximum Gasteiger partial charge on any atom is 0.245 e. The summed E-state index contributed by atoms with van der Waals surface area (Å²) in [7, 11) is 0. The first-order valence-electron chi connectivity index (χ1n) is 3.53. The summed E-state index contributed by atoms with van der Waals surface area (Å²) in [5.41, 5.74) is 0.273. The second-order valence-electron chi connectivity index (χ2n) is 2.12. The van der Waals surface area contributed by atoms with E-state index in [0.29, 0.717) is 12.8 Å². The summed E-state index contributed by atoms with van der Waals surface area (Å²) in [6.07, 6.45) is 2.10. The van der Waals surface area contributed by atoms with Crippen LogP contribution in [0.4, 0.5) is 4.39 Å². The number of aryl methyl sites for hydroxylation is 1. The molecule has 0 N–H and O–H groups in total. The molecular weight excluding hydrogens is 163 g/mol. The summed E-state index contributed by atoms with van der Waals surface area (Å²) in [4.78, 5) is 10.4. The lowest BCUT2D eigenvalue weighted by atomic mass is 10.4. The van der Waals surface area contributed by atoms with Crippen LogP contribution in [0.5, 0.6) is 5.88 Å². The highest BCUT2D eigenvalue weighted by atomic mass is 19.1. The van der Waals surface area contributed by atoms with Crippen molar-refractivity contribution < 1.29 is 13.9 Å². The number of hydrogen-bond acceptors (Lipinski definition) is 3. The van der Waals surface area contributed by atoms with Gasteiger partial charge in [0.2, 0.25) is 12.7 Å². The molecule has 0 amide bonds. The van der Waals surface area contributed by atoms with Gasteiger partial charge in [-0.25, -0.2) is 4.39 Å². The van der Waals surface area contributed by atoms with Crippen molar-refractivity contribution in [2.75, 3.05) is 6.86 Å². The van der Waals surface area contributed by atoms with E-state index >= 15 is 0 Å². The molecule has 5 heteroatoms. The topological polar surface area (TPSA) is 44.1 Å². The fourth-order valence-corrected chi connectivity index (χ4v) is 0.826. The Kier molecular flexibility index (Phi) is 2.79. The van der Waals surface area contributed by atoms with Crippen LogP contribution in [0.2, 0.25) is 0 Å². The van der Waals surface area contributed by atoms with Crippen LogP contribution in [0.15, 0.2) is 6.20 Å². The van der Waals surface area contributed by atoms with Gasteiger partial charge in [0.25, 0.3) is 0 Å². The molecule has 0 saturated carbocycles. The molecule has 0 atom stereocenters. The Hall–Kier alpha value is -1.39. The van der Waals surface area contributed by atoms with Gasteiger partial charge in [-0.1, -0.05) is 0 Å². The highest BCUT2D eigenvalue weighted by Gasteiger charge is 2.07. The molecule has 0 fully saturated rings. The average Bonchev–Trinajstić information content (AvgIpc) is 2.48. The lowest BCUT2D eigenvalue weighted by Gasteiger charge is -1.94. The van der Waals surface area contributed by atoms with Crippen molar-refractivity contribution in [1.82, 2.24) is 9.78 Å². The molecule has 4 nitrogen and oxygen atoms in total. The lowest BCUT2D eigenvalue weighted by Crippen LogP contribution is -1.96. The normalized spacial score (nSPS) is 9.83. The first-order chi connectivity index (χ1) is 5.81. The third-order valence-corrected chi connectivity index (χ3v) is 1.40. The fourth-order valence-electron chi connectivity index (χ4n) is 0.826. The van der Waals surface area contributed by atoms with Crippen LogP contribution < -0.4 is 4.74 Å². The Morgan fingerprint density at radius 1 is 1.83 bits per heavy atom. The van der Waals surface area contributed by atoms with E-state index in [-0.39, 0.29) is 11.4 Å². The molecule has 1 rings (SSSR count). The van der Waals surface area contributed by atoms with Gasteiger partial charge in [-0.05, 0) is 6.92 Å². The van der Waals surface area contributed by atoms with Crippen molar-refractivity contribution in [3.63, 3.8) is 0 Å². The van der Waals surface area contributed by atoms with E-state index in [4.69, 9.17) is 0 Å². The Morgan fingerprint density at radius 2 is 2.58 bits per heavy atom. The molecule has 0 aliphatic carbocycles. The van der Waals surface area contributed by atoms with Gasteiger partial charge in [0.05, 0.1) is 5.56 Å². The maximum absolute atomic E-state index is 11.7. The van der Waals surface area contributed by atoms with Crippen molar-refractivity contribution in [3.05, 3.63) is 11.8 Å². The molecule has 0 bridgehead atoms. The first-order valence-corrected chi connectivity index (χ1v) is 3.53. The fraction of sp³-hybridized carbons (Fsp3) is 0.429. The van der Waals surface area contributed by atoms with Crippen molar-refractivity contribution in [1.29, 1.82) is 0 Å². The van der Waals surface area contributed by atoms with Crippen LogP contribution in [0.1, 0.15) is 17.3 Å². The number of ether oxygens (including phenoxy) is 1. The van der Waals surface area contributed by atoms with Gasteiger partial charge in [-0.15, -0.1) is 5.10 Å². The number of aldehydes is 1. The van der Waals surface area contributed by atoms with E-state index in [1.54, 1.807) is 0 Å². The summed E-state index contributed by atoms with van der Waals surface area (Å²) < 4.78 is 17.7. The summed E-state index contributed by atoms with van der Waals surface area (Å²) in [6.45, 7) is 1.51. The summed E-state index contributed by atoms with van der Waals surface area (Å²) in [5.74, 6) is 0.0503. The summed E-state index contributed by atoms with van der Waals surface area (Å²) >= 11 is 0. The van der Waals surface area contributed by atoms with Gasteiger partial charge in [-0.3, -0.25) is 9.48 Å². The smallest absolute Gasteiger partial charge is 0.245 e. The Bertz CT molecular complexity index is 272. The molecule has 0 radical (unpaired) electrons. The predicted octanol–water partition coefficient (Wildman–Crippen LogP) is 1.02. The maximum atomic E-state index is 11.7. The third-order valence-electron chi connectivity index (χ3n) is 1.40. The van der Waals surface area contributed by atoms with Crippen LogP contribution in [0.25, 0.3) is 0 Å². The molecule has 0 unspecified atom stereocenters. The minimum Gasteiger partial charge on any atom is -0.444 e. The van der Waals surface area contributed by atoms with Crippen LogP contribution in [-0.2, 0) is 6.54 Å². The van der Waals surface area contributed by atoms with Crippen molar-refractivity contribution >= 4 is 6.29 Å². The SMILES string of the molecule is CCn1cc(C=O)c(OCF)n1. The molecule has 0 aromatic carbocycles. The molecule has 1 heterocycles. The lowest BCUT2D eigenvalue weighted by molar-refractivity contribution is 0.111. The van der Waals surface area contributed by atoms with Crippen molar-refractivity contribution in [2.24, 2.45) is 0 Å². The molecule has 0 saturated heterocycles. The van der Waals surface area contributed by atoms with E-state index in [2.05, 4.69) is 9.84 Å². The molecule has 1 aromatic heterocycles. The van der Waals surface area contributed by atoms with Gasteiger partial charge >= 0.3 is 0 Å². The van der Waals surface area contributed by atoms with Gasteiger partial charge in [0, 0.05) is 12.7 Å². The zero-order chi connectivity index (χ0) is 8.97. The Labute approximate surface area is 68.9 Å². The van der Waals surface area contributed by atoms with E-state index in [1.807, 2.05) is 6.92 Å². The molecule has 12 heavy (non-hydrogen) atoms. The van der Waals surface area contributed by atoms with Crippen molar-refractivity contribution in [3.8, 4) is 5.88 Å².